The molecule has 5 heteroatoms. The van der Waals surface area contributed by atoms with Gasteiger partial charge in [0.1, 0.15) is 0 Å². The van der Waals surface area contributed by atoms with Crippen LogP contribution in [0.4, 0.5) is 5.69 Å². The lowest BCUT2D eigenvalue weighted by Crippen LogP contribution is -2.30. The van der Waals surface area contributed by atoms with Gasteiger partial charge in [0.2, 0.25) is 11.8 Å². The zero-order chi connectivity index (χ0) is 18.4. The Labute approximate surface area is 157 Å². The van der Waals surface area contributed by atoms with Crippen LogP contribution in [0.15, 0.2) is 54.9 Å². The van der Waals surface area contributed by atoms with E-state index in [2.05, 4.69) is 29.4 Å². The molecule has 2 atom stereocenters. The molecule has 1 aromatic heterocycles. The molecular weight excluding hydrogens is 338 g/mol. The van der Waals surface area contributed by atoms with Crippen LogP contribution in [0.25, 0.3) is 10.8 Å². The first kappa shape index (κ1) is 16.2. The standard InChI is InChI=1S/C22H21N3O2/c26-21-19-10-3-4-11-20(19)22(27)25(21)17-12-23-24(14-17)13-16-8-5-7-15-6-1-2-9-18(15)16/h1-2,5-9,12,14,19-20H,3-4,10-11,13H2. The minimum Gasteiger partial charge on any atom is -0.274 e. The summed E-state index contributed by atoms with van der Waals surface area (Å²) in [5, 5.41) is 6.80. The minimum absolute atomic E-state index is 0.0468. The van der Waals surface area contributed by atoms with Crippen LogP contribution in [0.3, 0.4) is 0 Å². The second-order valence-electron chi connectivity index (χ2n) is 7.54. The second kappa shape index (κ2) is 6.34. The summed E-state index contributed by atoms with van der Waals surface area (Å²) in [5.74, 6) is -0.357. The normalized spacial score (nSPS) is 22.4. The molecule has 1 saturated carbocycles. The van der Waals surface area contributed by atoms with E-state index in [9.17, 15) is 9.59 Å². The summed E-state index contributed by atoms with van der Waals surface area (Å²) in [6.07, 6.45) is 7.18. The fourth-order valence-electron chi connectivity index (χ4n) is 4.58. The molecule has 0 N–H and O–H groups in total. The van der Waals surface area contributed by atoms with Crippen LogP contribution in [0.5, 0.6) is 0 Å². The number of anilines is 1. The summed E-state index contributed by atoms with van der Waals surface area (Å²) in [4.78, 5) is 26.9. The molecule has 1 saturated heterocycles. The first-order valence-corrected chi connectivity index (χ1v) is 9.59. The van der Waals surface area contributed by atoms with Crippen molar-refractivity contribution in [3.63, 3.8) is 0 Å². The molecule has 136 valence electrons. The number of rotatable bonds is 3. The van der Waals surface area contributed by atoms with Crippen molar-refractivity contribution in [3.8, 4) is 0 Å². The van der Waals surface area contributed by atoms with Crippen molar-refractivity contribution in [1.82, 2.24) is 9.78 Å². The van der Waals surface area contributed by atoms with Crippen molar-refractivity contribution in [2.24, 2.45) is 11.8 Å². The number of hydrogen-bond acceptors (Lipinski definition) is 3. The fraction of sp³-hybridized carbons (Fsp3) is 0.318. The molecule has 2 aromatic carbocycles. The summed E-state index contributed by atoms with van der Waals surface area (Å²) in [6, 6.07) is 14.5. The number of hydrogen-bond donors (Lipinski definition) is 0. The monoisotopic (exact) mass is 359 g/mol. The van der Waals surface area contributed by atoms with Crippen LogP contribution in [-0.4, -0.2) is 21.6 Å². The van der Waals surface area contributed by atoms with Crippen LogP contribution < -0.4 is 4.90 Å². The zero-order valence-corrected chi connectivity index (χ0v) is 15.0. The van der Waals surface area contributed by atoms with Gasteiger partial charge in [-0.25, -0.2) is 4.90 Å². The Kier molecular flexibility index (Phi) is 3.81. The Morgan fingerprint density at radius 2 is 1.63 bits per heavy atom. The van der Waals surface area contributed by atoms with Gasteiger partial charge in [-0.1, -0.05) is 55.3 Å². The van der Waals surface area contributed by atoms with Crippen molar-refractivity contribution in [2.75, 3.05) is 4.90 Å². The van der Waals surface area contributed by atoms with E-state index in [0.29, 0.717) is 12.2 Å². The Morgan fingerprint density at radius 3 is 2.41 bits per heavy atom. The van der Waals surface area contributed by atoms with Gasteiger partial charge in [0.15, 0.2) is 0 Å². The van der Waals surface area contributed by atoms with Gasteiger partial charge < -0.3 is 0 Å². The highest BCUT2D eigenvalue weighted by Gasteiger charge is 2.49. The molecule has 2 unspecified atom stereocenters. The summed E-state index contributed by atoms with van der Waals surface area (Å²) in [5.41, 5.74) is 1.76. The molecule has 3 aromatic rings. The third-order valence-electron chi connectivity index (χ3n) is 5.93. The van der Waals surface area contributed by atoms with E-state index in [1.807, 2.05) is 24.4 Å². The molecule has 1 aliphatic carbocycles. The average Bonchev–Trinajstić information content (AvgIpc) is 3.25. The van der Waals surface area contributed by atoms with E-state index >= 15 is 0 Å². The summed E-state index contributed by atoms with van der Waals surface area (Å²) >= 11 is 0. The van der Waals surface area contributed by atoms with Gasteiger partial charge in [-0.05, 0) is 29.2 Å². The smallest absolute Gasteiger partial charge is 0.237 e. The number of nitrogens with zero attached hydrogens (tertiary/aromatic N) is 3. The molecule has 1 aliphatic heterocycles. The zero-order valence-electron chi connectivity index (χ0n) is 15.0. The highest BCUT2D eigenvalue weighted by Crippen LogP contribution is 2.39. The number of carbonyl (C=O) groups is 2. The van der Waals surface area contributed by atoms with Crippen LogP contribution in [0.2, 0.25) is 0 Å². The van der Waals surface area contributed by atoms with E-state index in [1.54, 1.807) is 10.9 Å². The lowest BCUT2D eigenvalue weighted by Gasteiger charge is -2.19. The van der Waals surface area contributed by atoms with Gasteiger partial charge in [0.25, 0.3) is 0 Å². The number of carbonyl (C=O) groups excluding carboxylic acids is 2. The van der Waals surface area contributed by atoms with Gasteiger partial charge in [-0.15, -0.1) is 0 Å². The Balaban J connectivity index is 1.43. The van der Waals surface area contributed by atoms with Gasteiger partial charge in [0, 0.05) is 6.20 Å². The maximum absolute atomic E-state index is 12.8. The van der Waals surface area contributed by atoms with Crippen LogP contribution in [0, 0.1) is 11.8 Å². The van der Waals surface area contributed by atoms with Crippen molar-refractivity contribution < 1.29 is 9.59 Å². The highest BCUT2D eigenvalue weighted by molar-refractivity contribution is 6.22. The van der Waals surface area contributed by atoms with Gasteiger partial charge in [-0.3, -0.25) is 14.3 Å². The topological polar surface area (TPSA) is 55.2 Å². The highest BCUT2D eigenvalue weighted by atomic mass is 16.2. The number of imide groups is 1. The van der Waals surface area contributed by atoms with Crippen molar-refractivity contribution in [2.45, 2.75) is 32.2 Å². The number of benzene rings is 2. The molecule has 0 radical (unpaired) electrons. The van der Waals surface area contributed by atoms with Crippen molar-refractivity contribution in [1.29, 1.82) is 0 Å². The maximum Gasteiger partial charge on any atom is 0.237 e. The summed E-state index contributed by atoms with van der Waals surface area (Å²) in [7, 11) is 0. The summed E-state index contributed by atoms with van der Waals surface area (Å²) in [6.45, 7) is 0.602. The molecule has 0 spiro atoms. The van der Waals surface area contributed by atoms with E-state index < -0.39 is 0 Å². The predicted octanol–water partition coefficient (Wildman–Crippen LogP) is 3.76. The first-order valence-electron chi connectivity index (χ1n) is 9.59. The molecular formula is C22H21N3O2. The van der Waals surface area contributed by atoms with Crippen LogP contribution in [0.1, 0.15) is 31.2 Å². The molecule has 2 aliphatic rings. The van der Waals surface area contributed by atoms with Crippen LogP contribution >= 0.6 is 0 Å². The maximum atomic E-state index is 12.8. The Bertz CT molecular complexity index is 1010. The van der Waals surface area contributed by atoms with Gasteiger partial charge in [0.05, 0.1) is 30.3 Å². The Hall–Kier alpha value is -2.95. The van der Waals surface area contributed by atoms with Crippen LogP contribution in [-0.2, 0) is 16.1 Å². The Morgan fingerprint density at radius 1 is 0.926 bits per heavy atom. The van der Waals surface area contributed by atoms with E-state index in [0.717, 1.165) is 31.2 Å². The SMILES string of the molecule is O=C1C2CCCCC2C(=O)N1c1cnn(Cc2cccc3ccccc23)c1. The predicted molar refractivity (Wildman–Crippen MR) is 103 cm³/mol. The van der Waals surface area contributed by atoms with Crippen molar-refractivity contribution in [3.05, 3.63) is 60.4 Å². The quantitative estimate of drug-likeness (QED) is 0.669. The molecule has 2 amide bonds. The molecule has 2 heterocycles. The lowest BCUT2D eigenvalue weighted by molar-refractivity contribution is -0.122. The van der Waals surface area contributed by atoms with E-state index in [4.69, 9.17) is 0 Å². The average molecular weight is 359 g/mol. The van der Waals surface area contributed by atoms with E-state index in [1.165, 1.54) is 15.7 Å². The second-order valence-corrected chi connectivity index (χ2v) is 7.54. The number of aromatic nitrogens is 2. The first-order chi connectivity index (χ1) is 13.2. The molecule has 0 bridgehead atoms. The molecule has 5 rings (SSSR count). The molecule has 27 heavy (non-hydrogen) atoms. The number of fused-ring (bicyclic) bond motifs is 2. The fourth-order valence-corrected chi connectivity index (χ4v) is 4.58. The summed E-state index contributed by atoms with van der Waals surface area (Å²) < 4.78 is 1.81. The molecule has 5 nitrogen and oxygen atoms in total. The third kappa shape index (κ3) is 2.65. The third-order valence-corrected chi connectivity index (χ3v) is 5.93. The van der Waals surface area contributed by atoms with Crippen molar-refractivity contribution >= 4 is 28.3 Å². The van der Waals surface area contributed by atoms with E-state index in [-0.39, 0.29) is 23.7 Å². The van der Waals surface area contributed by atoms with Gasteiger partial charge in [-0.2, -0.15) is 5.10 Å². The lowest BCUT2D eigenvalue weighted by atomic mass is 9.81. The largest absolute Gasteiger partial charge is 0.274 e. The number of amides is 2. The minimum atomic E-state index is -0.132. The molecule has 2 fully saturated rings. The van der Waals surface area contributed by atoms with Gasteiger partial charge >= 0.3 is 0 Å².